The van der Waals surface area contributed by atoms with Crippen LogP contribution in [0, 0.1) is 12.3 Å². The molecule has 0 bridgehead atoms. The van der Waals surface area contributed by atoms with Crippen LogP contribution < -0.4 is 10.6 Å². The molecule has 0 unspecified atom stereocenters. The lowest BCUT2D eigenvalue weighted by molar-refractivity contribution is -0.128. The van der Waals surface area contributed by atoms with Crippen LogP contribution in [-0.2, 0) is 4.79 Å². The van der Waals surface area contributed by atoms with Crippen molar-refractivity contribution in [2.45, 2.75) is 20.8 Å². The normalized spacial score (nSPS) is 11.1. The Labute approximate surface area is 109 Å². The van der Waals surface area contributed by atoms with E-state index >= 15 is 0 Å². The lowest BCUT2D eigenvalue weighted by Gasteiger charge is -2.22. The predicted octanol–water partition coefficient (Wildman–Crippen LogP) is 1.33. The van der Waals surface area contributed by atoms with Gasteiger partial charge in [-0.2, -0.15) is 0 Å². The fourth-order valence-electron chi connectivity index (χ4n) is 1.39. The van der Waals surface area contributed by atoms with Crippen molar-refractivity contribution in [3.05, 3.63) is 10.6 Å². The summed E-state index contributed by atoms with van der Waals surface area (Å²) in [4.78, 5) is 26.8. The summed E-state index contributed by atoms with van der Waals surface area (Å²) in [6.07, 6.45) is 0. The molecule has 0 aliphatic heterocycles. The molecule has 1 heterocycles. The van der Waals surface area contributed by atoms with Gasteiger partial charge in [0.1, 0.15) is 4.88 Å². The molecule has 0 fully saturated rings. The summed E-state index contributed by atoms with van der Waals surface area (Å²) in [6, 6.07) is 0. The van der Waals surface area contributed by atoms with Gasteiger partial charge >= 0.3 is 5.97 Å². The average Bonchev–Trinajstić information content (AvgIpc) is 2.67. The highest BCUT2D eigenvalue weighted by atomic mass is 32.1. The third-order valence-electron chi connectivity index (χ3n) is 2.51. The van der Waals surface area contributed by atoms with Crippen molar-refractivity contribution in [1.29, 1.82) is 0 Å². The number of aromatic nitrogens is 1. The van der Waals surface area contributed by atoms with Crippen LogP contribution in [0.25, 0.3) is 0 Å². The zero-order valence-corrected chi connectivity index (χ0v) is 11.6. The minimum Gasteiger partial charge on any atom is -0.477 e. The van der Waals surface area contributed by atoms with E-state index in [1.807, 2.05) is 0 Å². The SMILES string of the molecule is CNC(=O)C(C)(C)CNc1nc(C)c(C(=O)O)s1. The Hall–Kier alpha value is -1.63. The molecule has 100 valence electrons. The Bertz CT molecular complexity index is 468. The lowest BCUT2D eigenvalue weighted by Crippen LogP contribution is -2.39. The molecule has 6 nitrogen and oxygen atoms in total. The van der Waals surface area contributed by atoms with Crippen molar-refractivity contribution in [3.8, 4) is 0 Å². The van der Waals surface area contributed by atoms with Crippen LogP contribution >= 0.6 is 11.3 Å². The predicted molar refractivity (Wildman–Crippen MR) is 70.1 cm³/mol. The molecule has 0 aliphatic carbocycles. The summed E-state index contributed by atoms with van der Waals surface area (Å²) in [5.74, 6) is -1.06. The maximum atomic E-state index is 11.6. The lowest BCUT2D eigenvalue weighted by atomic mass is 9.92. The minimum absolute atomic E-state index is 0.0817. The first-order valence-corrected chi connectivity index (χ1v) is 6.26. The van der Waals surface area contributed by atoms with Gasteiger partial charge in [0.25, 0.3) is 0 Å². The number of hydrogen-bond acceptors (Lipinski definition) is 5. The Morgan fingerprint density at radius 3 is 2.50 bits per heavy atom. The van der Waals surface area contributed by atoms with Crippen LogP contribution in [0.3, 0.4) is 0 Å². The molecule has 0 radical (unpaired) electrons. The first kappa shape index (κ1) is 14.4. The molecule has 1 amide bonds. The van der Waals surface area contributed by atoms with Crippen molar-refractivity contribution in [1.82, 2.24) is 10.3 Å². The van der Waals surface area contributed by atoms with Gasteiger partial charge in [-0.25, -0.2) is 9.78 Å². The molecule has 0 spiro atoms. The number of carbonyl (C=O) groups is 2. The van der Waals surface area contributed by atoms with Crippen LogP contribution in [0.15, 0.2) is 0 Å². The highest BCUT2D eigenvalue weighted by molar-refractivity contribution is 7.17. The van der Waals surface area contributed by atoms with Gasteiger partial charge < -0.3 is 15.7 Å². The van der Waals surface area contributed by atoms with Gasteiger partial charge in [-0.15, -0.1) is 0 Å². The Morgan fingerprint density at radius 1 is 1.44 bits per heavy atom. The quantitative estimate of drug-likeness (QED) is 0.751. The maximum Gasteiger partial charge on any atom is 0.347 e. The molecular formula is C11H17N3O3S. The van der Waals surface area contributed by atoms with E-state index in [9.17, 15) is 9.59 Å². The molecule has 1 aromatic rings. The molecule has 7 heteroatoms. The van der Waals surface area contributed by atoms with E-state index in [0.29, 0.717) is 17.4 Å². The van der Waals surface area contributed by atoms with Gasteiger partial charge in [-0.05, 0) is 20.8 Å². The fraction of sp³-hybridized carbons (Fsp3) is 0.545. The average molecular weight is 271 g/mol. The smallest absolute Gasteiger partial charge is 0.347 e. The summed E-state index contributed by atoms with van der Waals surface area (Å²) in [6.45, 7) is 5.64. The van der Waals surface area contributed by atoms with Crippen LogP contribution in [0.2, 0.25) is 0 Å². The molecule has 0 atom stereocenters. The third kappa shape index (κ3) is 3.19. The zero-order chi connectivity index (χ0) is 13.9. The van der Waals surface area contributed by atoms with Crippen molar-refractivity contribution in [3.63, 3.8) is 0 Å². The number of thiazole rings is 1. The van der Waals surface area contributed by atoms with Crippen molar-refractivity contribution >= 4 is 28.3 Å². The van der Waals surface area contributed by atoms with Gasteiger partial charge in [0.15, 0.2) is 5.13 Å². The zero-order valence-electron chi connectivity index (χ0n) is 10.8. The van der Waals surface area contributed by atoms with Crippen molar-refractivity contribution < 1.29 is 14.7 Å². The van der Waals surface area contributed by atoms with E-state index in [0.717, 1.165) is 11.3 Å². The van der Waals surface area contributed by atoms with Crippen LogP contribution in [0.1, 0.15) is 29.2 Å². The molecule has 0 saturated heterocycles. The van der Waals surface area contributed by atoms with Crippen LogP contribution in [0.4, 0.5) is 5.13 Å². The third-order valence-corrected chi connectivity index (χ3v) is 3.62. The van der Waals surface area contributed by atoms with E-state index in [4.69, 9.17) is 5.11 Å². The number of rotatable bonds is 5. The van der Waals surface area contributed by atoms with E-state index in [-0.39, 0.29) is 10.8 Å². The van der Waals surface area contributed by atoms with Gasteiger partial charge in [-0.3, -0.25) is 4.79 Å². The van der Waals surface area contributed by atoms with Gasteiger partial charge in [0, 0.05) is 13.6 Å². The molecule has 1 aromatic heterocycles. The number of hydrogen-bond donors (Lipinski definition) is 3. The number of aryl methyl sites for hydroxylation is 1. The van der Waals surface area contributed by atoms with E-state index in [1.54, 1.807) is 27.8 Å². The Balaban J connectivity index is 2.72. The van der Waals surface area contributed by atoms with Gasteiger partial charge in [0.05, 0.1) is 11.1 Å². The Morgan fingerprint density at radius 2 is 2.06 bits per heavy atom. The monoisotopic (exact) mass is 271 g/mol. The first-order valence-electron chi connectivity index (χ1n) is 5.44. The largest absolute Gasteiger partial charge is 0.477 e. The second kappa shape index (κ2) is 5.34. The second-order valence-corrected chi connectivity index (χ2v) is 5.55. The summed E-state index contributed by atoms with van der Waals surface area (Å²) in [5, 5.41) is 15.0. The van der Waals surface area contributed by atoms with Crippen molar-refractivity contribution in [2.24, 2.45) is 5.41 Å². The summed E-state index contributed by atoms with van der Waals surface area (Å²) < 4.78 is 0. The second-order valence-electron chi connectivity index (χ2n) is 4.56. The number of carboxylic acid groups (broad SMARTS) is 1. The number of carboxylic acids is 1. The molecule has 0 aromatic carbocycles. The topological polar surface area (TPSA) is 91.3 Å². The molecule has 3 N–H and O–H groups in total. The highest BCUT2D eigenvalue weighted by Crippen LogP contribution is 2.24. The molecule has 0 aliphatic rings. The number of amides is 1. The number of nitrogens with one attached hydrogen (secondary N) is 2. The molecular weight excluding hydrogens is 254 g/mol. The van der Waals surface area contributed by atoms with E-state index in [2.05, 4.69) is 15.6 Å². The van der Waals surface area contributed by atoms with Crippen molar-refractivity contribution in [2.75, 3.05) is 18.9 Å². The minimum atomic E-state index is -0.983. The number of anilines is 1. The summed E-state index contributed by atoms with van der Waals surface area (Å²) in [5.41, 5.74) is -0.106. The van der Waals surface area contributed by atoms with Crippen LogP contribution in [0.5, 0.6) is 0 Å². The molecule has 1 rings (SSSR count). The number of aromatic carboxylic acids is 1. The number of carbonyl (C=O) groups excluding carboxylic acids is 1. The Kier molecular flexibility index (Phi) is 4.28. The van der Waals surface area contributed by atoms with Gasteiger partial charge in [-0.1, -0.05) is 11.3 Å². The van der Waals surface area contributed by atoms with Crippen LogP contribution in [-0.4, -0.2) is 35.6 Å². The van der Waals surface area contributed by atoms with E-state index < -0.39 is 11.4 Å². The fourth-order valence-corrected chi connectivity index (χ4v) is 2.19. The first-order chi connectivity index (χ1) is 8.27. The highest BCUT2D eigenvalue weighted by Gasteiger charge is 2.27. The molecule has 18 heavy (non-hydrogen) atoms. The molecule has 0 saturated carbocycles. The summed E-state index contributed by atoms with van der Waals surface area (Å²) in [7, 11) is 1.58. The number of nitrogens with zero attached hydrogens (tertiary/aromatic N) is 1. The summed E-state index contributed by atoms with van der Waals surface area (Å²) >= 11 is 1.07. The standard InChI is InChI=1S/C11H17N3O3S/c1-6-7(8(15)16)18-10(14-6)13-5-11(2,3)9(17)12-4/h5H2,1-4H3,(H,12,17)(H,13,14)(H,15,16). The van der Waals surface area contributed by atoms with E-state index in [1.165, 1.54) is 0 Å². The maximum absolute atomic E-state index is 11.6. The van der Waals surface area contributed by atoms with Gasteiger partial charge in [0.2, 0.25) is 5.91 Å².